The molecular formula is C16H19N3O2. The molecule has 0 aliphatic rings. The topological polar surface area (TPSA) is 66.3 Å². The predicted molar refractivity (Wildman–Crippen MR) is 81.3 cm³/mol. The van der Waals surface area contributed by atoms with Gasteiger partial charge in [-0.05, 0) is 32.9 Å². The highest BCUT2D eigenvalue weighted by atomic mass is 16.4. The summed E-state index contributed by atoms with van der Waals surface area (Å²) < 4.78 is 0. The minimum Gasteiger partial charge on any atom is -0.480 e. The zero-order chi connectivity index (χ0) is 15.4. The Morgan fingerprint density at radius 2 is 1.81 bits per heavy atom. The van der Waals surface area contributed by atoms with Gasteiger partial charge >= 0.3 is 5.97 Å². The molecule has 0 amide bonds. The number of aliphatic carboxylic acids is 1. The largest absolute Gasteiger partial charge is 0.480 e. The summed E-state index contributed by atoms with van der Waals surface area (Å²) in [7, 11) is 0. The fourth-order valence-corrected chi connectivity index (χ4v) is 2.31. The first-order chi connectivity index (χ1) is 9.99. The van der Waals surface area contributed by atoms with Crippen LogP contribution in [0.3, 0.4) is 0 Å². The number of nitrogens with zero attached hydrogens (tertiary/aromatic N) is 3. The molecule has 1 atom stereocenters. The molecule has 1 aromatic carbocycles. The first-order valence-corrected chi connectivity index (χ1v) is 6.81. The van der Waals surface area contributed by atoms with Crippen molar-refractivity contribution >= 4 is 11.7 Å². The van der Waals surface area contributed by atoms with Crippen molar-refractivity contribution in [2.45, 2.75) is 26.8 Å². The zero-order valence-electron chi connectivity index (χ0n) is 12.4. The molecule has 0 saturated carbocycles. The highest BCUT2D eigenvalue weighted by molar-refractivity contribution is 5.74. The van der Waals surface area contributed by atoms with Crippen LogP contribution in [0.25, 0.3) is 0 Å². The van der Waals surface area contributed by atoms with E-state index in [0.29, 0.717) is 0 Å². The van der Waals surface area contributed by atoms with E-state index < -0.39 is 5.97 Å². The van der Waals surface area contributed by atoms with Gasteiger partial charge in [-0.15, -0.1) is 0 Å². The molecule has 21 heavy (non-hydrogen) atoms. The van der Waals surface area contributed by atoms with Crippen LogP contribution in [-0.4, -0.2) is 27.6 Å². The van der Waals surface area contributed by atoms with Gasteiger partial charge in [0.25, 0.3) is 0 Å². The monoisotopic (exact) mass is 285 g/mol. The third-order valence-electron chi connectivity index (χ3n) is 3.45. The van der Waals surface area contributed by atoms with Crippen molar-refractivity contribution in [2.75, 3.05) is 11.4 Å². The van der Waals surface area contributed by atoms with Gasteiger partial charge in [0, 0.05) is 18.1 Å². The highest BCUT2D eigenvalue weighted by Gasteiger charge is 2.21. The fourth-order valence-electron chi connectivity index (χ4n) is 2.31. The average molecular weight is 285 g/mol. The minimum atomic E-state index is -0.871. The third-order valence-corrected chi connectivity index (χ3v) is 3.45. The number of carboxylic acids is 1. The Morgan fingerprint density at radius 1 is 1.19 bits per heavy atom. The Hall–Kier alpha value is -2.43. The summed E-state index contributed by atoms with van der Waals surface area (Å²) >= 11 is 0. The maximum atomic E-state index is 11.2. The number of hydrogen-bond donors (Lipinski definition) is 1. The van der Waals surface area contributed by atoms with Gasteiger partial charge in [0.1, 0.15) is 6.54 Å². The van der Waals surface area contributed by atoms with Crippen molar-refractivity contribution in [2.24, 2.45) is 0 Å². The van der Waals surface area contributed by atoms with E-state index in [4.69, 9.17) is 0 Å². The average Bonchev–Trinajstić information content (AvgIpc) is 2.45. The van der Waals surface area contributed by atoms with Crippen molar-refractivity contribution in [1.82, 2.24) is 9.97 Å². The van der Waals surface area contributed by atoms with Gasteiger partial charge in [0.15, 0.2) is 0 Å². The SMILES string of the molecule is Cc1ccc(N(CC(=O)O)C(C)c2nccnc2C)cc1. The van der Waals surface area contributed by atoms with Crippen LogP contribution < -0.4 is 4.90 Å². The molecule has 0 radical (unpaired) electrons. The number of carboxylic acid groups (broad SMARTS) is 1. The molecule has 1 N–H and O–H groups in total. The lowest BCUT2D eigenvalue weighted by Gasteiger charge is -2.30. The molecular weight excluding hydrogens is 266 g/mol. The van der Waals surface area contributed by atoms with Crippen molar-refractivity contribution in [3.63, 3.8) is 0 Å². The van der Waals surface area contributed by atoms with Gasteiger partial charge in [-0.1, -0.05) is 17.7 Å². The number of hydrogen-bond acceptors (Lipinski definition) is 4. The summed E-state index contributed by atoms with van der Waals surface area (Å²) in [6, 6.07) is 7.64. The molecule has 2 aromatic rings. The Bertz CT molecular complexity index is 626. The Balaban J connectivity index is 2.38. The molecule has 1 unspecified atom stereocenters. The van der Waals surface area contributed by atoms with E-state index in [-0.39, 0.29) is 12.6 Å². The van der Waals surface area contributed by atoms with Gasteiger partial charge in [-0.3, -0.25) is 14.8 Å². The molecule has 0 saturated heterocycles. The van der Waals surface area contributed by atoms with Gasteiger partial charge in [-0.2, -0.15) is 0 Å². The van der Waals surface area contributed by atoms with E-state index in [2.05, 4.69) is 9.97 Å². The highest BCUT2D eigenvalue weighted by Crippen LogP contribution is 2.26. The number of rotatable bonds is 5. The molecule has 1 heterocycles. The fraction of sp³-hybridized carbons (Fsp3) is 0.312. The first-order valence-electron chi connectivity index (χ1n) is 6.81. The second-order valence-corrected chi connectivity index (χ2v) is 5.06. The van der Waals surface area contributed by atoms with E-state index in [9.17, 15) is 9.90 Å². The predicted octanol–water partition coefficient (Wildman–Crippen LogP) is 2.75. The number of benzene rings is 1. The number of aryl methyl sites for hydroxylation is 2. The molecule has 5 heteroatoms. The van der Waals surface area contributed by atoms with E-state index in [1.807, 2.05) is 49.9 Å². The van der Waals surface area contributed by atoms with Gasteiger partial charge < -0.3 is 10.0 Å². The lowest BCUT2D eigenvalue weighted by molar-refractivity contribution is -0.135. The summed E-state index contributed by atoms with van der Waals surface area (Å²) in [4.78, 5) is 21.6. The Labute approximate surface area is 124 Å². The normalized spacial score (nSPS) is 12.0. The van der Waals surface area contributed by atoms with E-state index >= 15 is 0 Å². The van der Waals surface area contributed by atoms with Crippen molar-refractivity contribution < 1.29 is 9.90 Å². The molecule has 0 aliphatic heterocycles. The molecule has 5 nitrogen and oxygen atoms in total. The van der Waals surface area contributed by atoms with Crippen molar-refractivity contribution in [3.8, 4) is 0 Å². The first kappa shape index (κ1) is 15.0. The molecule has 2 rings (SSSR count). The summed E-state index contributed by atoms with van der Waals surface area (Å²) in [6.45, 7) is 5.74. The maximum absolute atomic E-state index is 11.2. The standard InChI is InChI=1S/C16H19N3O2/c1-11-4-6-14(7-5-11)19(10-15(20)21)13(3)16-12(2)17-8-9-18-16/h4-9,13H,10H2,1-3H3,(H,20,21). The van der Waals surface area contributed by atoms with Crippen molar-refractivity contribution in [1.29, 1.82) is 0 Å². The van der Waals surface area contributed by atoms with Crippen LogP contribution in [0, 0.1) is 13.8 Å². The van der Waals surface area contributed by atoms with Gasteiger partial charge in [0.2, 0.25) is 0 Å². The molecule has 0 bridgehead atoms. The zero-order valence-corrected chi connectivity index (χ0v) is 12.4. The molecule has 110 valence electrons. The van der Waals surface area contributed by atoms with Gasteiger partial charge in [-0.25, -0.2) is 0 Å². The second-order valence-electron chi connectivity index (χ2n) is 5.06. The second kappa shape index (κ2) is 6.35. The van der Waals surface area contributed by atoms with Gasteiger partial charge in [0.05, 0.1) is 17.4 Å². The lowest BCUT2D eigenvalue weighted by atomic mass is 10.1. The quantitative estimate of drug-likeness (QED) is 0.915. The molecule has 0 fully saturated rings. The summed E-state index contributed by atoms with van der Waals surface area (Å²) in [5.41, 5.74) is 3.60. The van der Waals surface area contributed by atoms with Crippen LogP contribution >= 0.6 is 0 Å². The van der Waals surface area contributed by atoms with Crippen LogP contribution in [0.2, 0.25) is 0 Å². The summed E-state index contributed by atoms with van der Waals surface area (Å²) in [5, 5.41) is 9.19. The minimum absolute atomic E-state index is 0.0831. The van der Waals surface area contributed by atoms with Crippen LogP contribution in [-0.2, 0) is 4.79 Å². The van der Waals surface area contributed by atoms with Crippen LogP contribution in [0.1, 0.15) is 29.9 Å². The Kier molecular flexibility index (Phi) is 4.52. The summed E-state index contributed by atoms with van der Waals surface area (Å²) in [5.74, 6) is -0.871. The van der Waals surface area contributed by atoms with Crippen LogP contribution in [0.15, 0.2) is 36.7 Å². The molecule has 1 aromatic heterocycles. The third kappa shape index (κ3) is 3.56. The number of anilines is 1. The number of aromatic nitrogens is 2. The smallest absolute Gasteiger partial charge is 0.323 e. The van der Waals surface area contributed by atoms with E-state index in [1.165, 1.54) is 0 Å². The number of carbonyl (C=O) groups is 1. The molecule has 0 spiro atoms. The van der Waals surface area contributed by atoms with Crippen LogP contribution in [0.4, 0.5) is 5.69 Å². The van der Waals surface area contributed by atoms with Crippen molar-refractivity contribution in [3.05, 3.63) is 53.6 Å². The van der Waals surface area contributed by atoms with Crippen LogP contribution in [0.5, 0.6) is 0 Å². The molecule has 0 aliphatic carbocycles. The van der Waals surface area contributed by atoms with E-state index in [1.54, 1.807) is 12.4 Å². The summed E-state index contributed by atoms with van der Waals surface area (Å²) in [6.07, 6.45) is 3.27. The maximum Gasteiger partial charge on any atom is 0.323 e. The Morgan fingerprint density at radius 3 is 2.38 bits per heavy atom. The lowest BCUT2D eigenvalue weighted by Crippen LogP contribution is -2.33. The van der Waals surface area contributed by atoms with E-state index in [0.717, 1.165) is 22.6 Å².